The molecule has 1 amide bonds. The standard InChI is InChI=1S/C17H19N3O3S/c21-17(16-12-18-8-9-19-16)20-10-6-14(7-11-20)13-24(22,23)15-4-2-1-3-5-15/h1-5,8-9,12,14H,6-7,10-11,13H2. The van der Waals surface area contributed by atoms with E-state index in [9.17, 15) is 13.2 Å². The fraction of sp³-hybridized carbons (Fsp3) is 0.353. The van der Waals surface area contributed by atoms with Gasteiger partial charge in [-0.2, -0.15) is 0 Å². The summed E-state index contributed by atoms with van der Waals surface area (Å²) in [5.41, 5.74) is 0.327. The Morgan fingerprint density at radius 2 is 1.83 bits per heavy atom. The average Bonchev–Trinajstić information content (AvgIpc) is 2.63. The van der Waals surface area contributed by atoms with Gasteiger partial charge in [0.2, 0.25) is 0 Å². The Bertz CT molecular complexity index is 786. The molecule has 0 bridgehead atoms. The van der Waals surface area contributed by atoms with Gasteiger partial charge in [0.05, 0.1) is 16.8 Å². The Morgan fingerprint density at radius 3 is 2.46 bits per heavy atom. The largest absolute Gasteiger partial charge is 0.337 e. The molecule has 1 aliphatic heterocycles. The fourth-order valence-electron chi connectivity index (χ4n) is 2.91. The first-order valence-electron chi connectivity index (χ1n) is 7.89. The van der Waals surface area contributed by atoms with E-state index >= 15 is 0 Å². The van der Waals surface area contributed by atoms with Crippen LogP contribution in [-0.4, -0.2) is 48.0 Å². The molecule has 0 unspecified atom stereocenters. The van der Waals surface area contributed by atoms with Crippen molar-refractivity contribution in [3.63, 3.8) is 0 Å². The lowest BCUT2D eigenvalue weighted by Crippen LogP contribution is -2.40. The highest BCUT2D eigenvalue weighted by Gasteiger charge is 2.28. The predicted octanol–water partition coefficient (Wildman–Crippen LogP) is 1.80. The zero-order valence-electron chi connectivity index (χ0n) is 13.2. The van der Waals surface area contributed by atoms with Crippen LogP contribution in [-0.2, 0) is 9.84 Å². The highest BCUT2D eigenvalue weighted by atomic mass is 32.2. The minimum absolute atomic E-state index is 0.0705. The maximum Gasteiger partial charge on any atom is 0.274 e. The van der Waals surface area contributed by atoms with Crippen molar-refractivity contribution in [2.24, 2.45) is 5.92 Å². The number of sulfone groups is 1. The summed E-state index contributed by atoms with van der Waals surface area (Å²) in [7, 11) is -3.28. The summed E-state index contributed by atoms with van der Waals surface area (Å²) in [5, 5.41) is 0. The third kappa shape index (κ3) is 3.79. The number of hydrogen-bond donors (Lipinski definition) is 0. The SMILES string of the molecule is O=C(c1cnccn1)N1CCC(CS(=O)(=O)c2ccccc2)CC1. The Hall–Kier alpha value is -2.28. The molecule has 2 aromatic rings. The van der Waals surface area contributed by atoms with E-state index in [2.05, 4.69) is 9.97 Å². The third-order valence-electron chi connectivity index (χ3n) is 4.24. The van der Waals surface area contributed by atoms with Crippen molar-refractivity contribution >= 4 is 15.7 Å². The van der Waals surface area contributed by atoms with Crippen molar-refractivity contribution in [3.05, 3.63) is 54.6 Å². The van der Waals surface area contributed by atoms with E-state index < -0.39 is 9.84 Å². The molecule has 2 heterocycles. The highest BCUT2D eigenvalue weighted by molar-refractivity contribution is 7.91. The molecule has 0 radical (unpaired) electrons. The summed E-state index contributed by atoms with van der Waals surface area (Å²) in [4.78, 5) is 22.3. The molecule has 24 heavy (non-hydrogen) atoms. The summed E-state index contributed by atoms with van der Waals surface area (Å²) >= 11 is 0. The van der Waals surface area contributed by atoms with Gasteiger partial charge in [0.25, 0.3) is 5.91 Å². The molecular formula is C17H19N3O3S. The van der Waals surface area contributed by atoms with E-state index in [1.807, 2.05) is 0 Å². The Kier molecular flexibility index (Phi) is 4.89. The molecule has 7 heteroatoms. The number of rotatable bonds is 4. The molecule has 1 saturated heterocycles. The van der Waals surface area contributed by atoms with Crippen LogP contribution in [0.2, 0.25) is 0 Å². The lowest BCUT2D eigenvalue weighted by Gasteiger charge is -2.31. The summed E-state index contributed by atoms with van der Waals surface area (Å²) in [6, 6.07) is 8.52. The van der Waals surface area contributed by atoms with Gasteiger partial charge in [0.1, 0.15) is 5.69 Å². The van der Waals surface area contributed by atoms with Crippen LogP contribution in [0, 0.1) is 5.92 Å². The van der Waals surface area contributed by atoms with Crippen molar-refractivity contribution in [2.75, 3.05) is 18.8 Å². The maximum atomic E-state index is 12.4. The number of carbonyl (C=O) groups is 1. The molecule has 6 nitrogen and oxygen atoms in total. The van der Waals surface area contributed by atoms with Crippen LogP contribution in [0.25, 0.3) is 0 Å². The van der Waals surface area contributed by atoms with Crippen LogP contribution in [0.4, 0.5) is 0 Å². The van der Waals surface area contributed by atoms with Gasteiger partial charge in [-0.25, -0.2) is 13.4 Å². The molecule has 1 aliphatic rings. The predicted molar refractivity (Wildman–Crippen MR) is 89.2 cm³/mol. The van der Waals surface area contributed by atoms with Gasteiger partial charge in [-0.05, 0) is 30.9 Å². The number of piperidine rings is 1. The minimum Gasteiger partial charge on any atom is -0.337 e. The number of nitrogens with zero attached hydrogens (tertiary/aromatic N) is 3. The summed E-state index contributed by atoms with van der Waals surface area (Å²) < 4.78 is 24.9. The summed E-state index contributed by atoms with van der Waals surface area (Å²) in [6.07, 6.45) is 5.83. The second-order valence-electron chi connectivity index (χ2n) is 5.92. The first-order chi connectivity index (χ1) is 11.6. The maximum absolute atomic E-state index is 12.4. The van der Waals surface area contributed by atoms with Crippen molar-refractivity contribution in [3.8, 4) is 0 Å². The molecular weight excluding hydrogens is 326 g/mol. The smallest absolute Gasteiger partial charge is 0.274 e. The number of aromatic nitrogens is 2. The first kappa shape index (κ1) is 16.6. The molecule has 3 rings (SSSR count). The van der Waals surface area contributed by atoms with E-state index in [1.165, 1.54) is 18.6 Å². The molecule has 0 saturated carbocycles. The van der Waals surface area contributed by atoms with Gasteiger partial charge in [-0.15, -0.1) is 0 Å². The topological polar surface area (TPSA) is 80.2 Å². The zero-order valence-corrected chi connectivity index (χ0v) is 14.0. The van der Waals surface area contributed by atoms with Gasteiger partial charge in [-0.1, -0.05) is 18.2 Å². The first-order valence-corrected chi connectivity index (χ1v) is 9.54. The summed E-state index contributed by atoms with van der Waals surface area (Å²) in [5.74, 6) is 0.0538. The second-order valence-corrected chi connectivity index (χ2v) is 7.95. The van der Waals surface area contributed by atoms with Crippen molar-refractivity contribution < 1.29 is 13.2 Å². The van der Waals surface area contributed by atoms with Gasteiger partial charge in [0, 0.05) is 25.5 Å². The number of likely N-dealkylation sites (tertiary alicyclic amines) is 1. The fourth-order valence-corrected chi connectivity index (χ4v) is 4.63. The Balaban J connectivity index is 1.59. The molecule has 0 atom stereocenters. The molecule has 0 N–H and O–H groups in total. The van der Waals surface area contributed by atoms with E-state index in [0.717, 1.165) is 0 Å². The average molecular weight is 345 g/mol. The van der Waals surface area contributed by atoms with E-state index in [-0.39, 0.29) is 17.6 Å². The highest BCUT2D eigenvalue weighted by Crippen LogP contribution is 2.23. The van der Waals surface area contributed by atoms with E-state index in [1.54, 1.807) is 35.2 Å². The van der Waals surface area contributed by atoms with Crippen LogP contribution in [0.15, 0.2) is 53.8 Å². The molecule has 0 aliphatic carbocycles. The van der Waals surface area contributed by atoms with E-state index in [0.29, 0.717) is 36.5 Å². The van der Waals surface area contributed by atoms with Gasteiger partial charge in [-0.3, -0.25) is 9.78 Å². The minimum atomic E-state index is -3.28. The second kappa shape index (κ2) is 7.09. The lowest BCUT2D eigenvalue weighted by molar-refractivity contribution is 0.0692. The van der Waals surface area contributed by atoms with Crippen LogP contribution in [0.3, 0.4) is 0 Å². The van der Waals surface area contributed by atoms with Gasteiger partial charge in [0.15, 0.2) is 9.84 Å². The number of hydrogen-bond acceptors (Lipinski definition) is 5. The Labute approximate surface area is 141 Å². The normalized spacial score (nSPS) is 16.1. The zero-order chi connectivity index (χ0) is 17.0. The monoisotopic (exact) mass is 345 g/mol. The Morgan fingerprint density at radius 1 is 1.12 bits per heavy atom. The van der Waals surface area contributed by atoms with Crippen LogP contribution in [0.1, 0.15) is 23.3 Å². The van der Waals surface area contributed by atoms with Crippen LogP contribution < -0.4 is 0 Å². The van der Waals surface area contributed by atoms with Crippen LogP contribution >= 0.6 is 0 Å². The van der Waals surface area contributed by atoms with Crippen molar-refractivity contribution in [1.82, 2.24) is 14.9 Å². The number of amides is 1. The van der Waals surface area contributed by atoms with Crippen LogP contribution in [0.5, 0.6) is 0 Å². The molecule has 1 aromatic heterocycles. The van der Waals surface area contributed by atoms with Crippen molar-refractivity contribution in [2.45, 2.75) is 17.7 Å². The summed E-state index contributed by atoms with van der Waals surface area (Å²) in [6.45, 7) is 1.09. The molecule has 1 fully saturated rings. The molecule has 126 valence electrons. The quantitative estimate of drug-likeness (QED) is 0.844. The molecule has 0 spiro atoms. The van der Waals surface area contributed by atoms with E-state index in [4.69, 9.17) is 0 Å². The third-order valence-corrected chi connectivity index (χ3v) is 6.14. The number of benzene rings is 1. The van der Waals surface area contributed by atoms with Gasteiger partial charge < -0.3 is 4.90 Å². The van der Waals surface area contributed by atoms with Crippen molar-refractivity contribution in [1.29, 1.82) is 0 Å². The lowest BCUT2D eigenvalue weighted by atomic mass is 9.99. The van der Waals surface area contributed by atoms with Gasteiger partial charge >= 0.3 is 0 Å². The number of carbonyl (C=O) groups excluding carboxylic acids is 1. The molecule has 1 aromatic carbocycles.